The van der Waals surface area contributed by atoms with Gasteiger partial charge in [0.2, 0.25) is 0 Å². The second-order valence-corrected chi connectivity index (χ2v) is 6.58. The number of fused-ring (bicyclic) bond motifs is 2. The van der Waals surface area contributed by atoms with Gasteiger partial charge in [0.15, 0.2) is 0 Å². The zero-order valence-corrected chi connectivity index (χ0v) is 14.8. The van der Waals surface area contributed by atoms with Gasteiger partial charge in [-0.2, -0.15) is 0 Å². The van der Waals surface area contributed by atoms with E-state index in [1.807, 2.05) is 24.4 Å². The van der Waals surface area contributed by atoms with E-state index in [9.17, 15) is 0 Å². The molecule has 0 saturated carbocycles. The lowest BCUT2D eigenvalue weighted by Gasteiger charge is -2.16. The van der Waals surface area contributed by atoms with Crippen molar-refractivity contribution in [1.82, 2.24) is 4.98 Å². The highest BCUT2D eigenvalue weighted by molar-refractivity contribution is 6.08. The van der Waals surface area contributed by atoms with E-state index in [4.69, 9.17) is 4.98 Å². The van der Waals surface area contributed by atoms with Crippen LogP contribution in [0.25, 0.3) is 32.8 Å². The predicted molar refractivity (Wildman–Crippen MR) is 114 cm³/mol. The Morgan fingerprint density at radius 3 is 2.04 bits per heavy atom. The van der Waals surface area contributed by atoms with Crippen molar-refractivity contribution in [3.63, 3.8) is 0 Å². The number of para-hydroxylation sites is 1. The molecule has 0 aliphatic carbocycles. The zero-order valence-electron chi connectivity index (χ0n) is 14.8. The van der Waals surface area contributed by atoms with Crippen molar-refractivity contribution in [3.8, 4) is 11.3 Å². The third-order valence-corrected chi connectivity index (χ3v) is 4.89. The Balaban J connectivity index is 1.82. The zero-order chi connectivity index (χ0) is 18.1. The van der Waals surface area contributed by atoms with E-state index in [0.717, 1.165) is 28.0 Å². The van der Waals surface area contributed by atoms with Crippen LogP contribution in [0.1, 0.15) is 0 Å². The van der Waals surface area contributed by atoms with E-state index in [-0.39, 0.29) is 0 Å². The van der Waals surface area contributed by atoms with E-state index in [2.05, 4.69) is 84.2 Å². The Morgan fingerprint density at radius 2 is 1.22 bits per heavy atom. The van der Waals surface area contributed by atoms with Crippen molar-refractivity contribution >= 4 is 32.9 Å². The molecular weight excluding hydrogens is 328 g/mol. The number of anilines is 2. The van der Waals surface area contributed by atoms with Crippen molar-refractivity contribution < 1.29 is 0 Å². The van der Waals surface area contributed by atoms with Crippen LogP contribution in [-0.4, -0.2) is 4.98 Å². The first kappa shape index (κ1) is 15.6. The van der Waals surface area contributed by atoms with E-state index in [1.54, 1.807) is 0 Å². The highest BCUT2D eigenvalue weighted by atomic mass is 14.9. The summed E-state index contributed by atoms with van der Waals surface area (Å²) in [7, 11) is 0. The number of benzene rings is 4. The maximum Gasteiger partial charge on any atom is 0.0807 e. The first-order chi connectivity index (χ1) is 13.4. The van der Waals surface area contributed by atoms with E-state index < -0.39 is 0 Å². The van der Waals surface area contributed by atoms with Gasteiger partial charge in [-0.3, -0.25) is 4.98 Å². The molecular formula is C25H18N2. The average Bonchev–Trinajstić information content (AvgIpc) is 2.74. The van der Waals surface area contributed by atoms with E-state index in [1.165, 1.54) is 16.2 Å². The Kier molecular flexibility index (Phi) is 3.80. The first-order valence-corrected chi connectivity index (χ1v) is 9.08. The molecule has 0 aliphatic rings. The topological polar surface area (TPSA) is 24.9 Å². The van der Waals surface area contributed by atoms with Crippen molar-refractivity contribution in [2.45, 2.75) is 0 Å². The fraction of sp³-hybridized carbons (Fsp3) is 0. The predicted octanol–water partition coefficient (Wildman–Crippen LogP) is 6.80. The summed E-state index contributed by atoms with van der Waals surface area (Å²) < 4.78 is 0. The molecule has 128 valence electrons. The SMILES string of the molecule is c1ccc(Nc2ccc3ccccc3c2-c2nccc3ccccc23)cc1. The average molecular weight is 346 g/mol. The highest BCUT2D eigenvalue weighted by Gasteiger charge is 2.14. The van der Waals surface area contributed by atoms with Crippen LogP contribution < -0.4 is 5.32 Å². The standard InChI is InChI=1S/C25H18N2/c1-2-10-20(11-3-1)27-23-15-14-18-8-4-6-12-21(18)24(23)25-22-13-7-5-9-19(22)16-17-26-25/h1-17,27H. The molecule has 0 aliphatic heterocycles. The second-order valence-electron chi connectivity index (χ2n) is 6.58. The smallest absolute Gasteiger partial charge is 0.0807 e. The summed E-state index contributed by atoms with van der Waals surface area (Å²) in [5.41, 5.74) is 4.26. The Morgan fingerprint density at radius 1 is 0.556 bits per heavy atom. The minimum Gasteiger partial charge on any atom is -0.355 e. The van der Waals surface area contributed by atoms with Crippen LogP contribution in [-0.2, 0) is 0 Å². The molecule has 27 heavy (non-hydrogen) atoms. The van der Waals surface area contributed by atoms with Crippen LogP contribution in [0.5, 0.6) is 0 Å². The molecule has 5 aromatic rings. The number of hydrogen-bond acceptors (Lipinski definition) is 2. The van der Waals surface area contributed by atoms with Gasteiger partial charge in [-0.1, -0.05) is 72.8 Å². The van der Waals surface area contributed by atoms with Crippen LogP contribution in [0, 0.1) is 0 Å². The third kappa shape index (κ3) is 2.81. The first-order valence-electron chi connectivity index (χ1n) is 9.08. The third-order valence-electron chi connectivity index (χ3n) is 4.89. The fourth-order valence-electron chi connectivity index (χ4n) is 3.63. The summed E-state index contributed by atoms with van der Waals surface area (Å²) in [6.07, 6.45) is 1.89. The monoisotopic (exact) mass is 346 g/mol. The van der Waals surface area contributed by atoms with Crippen molar-refractivity contribution in [3.05, 3.63) is 103 Å². The van der Waals surface area contributed by atoms with E-state index in [0.29, 0.717) is 0 Å². The van der Waals surface area contributed by atoms with Crippen molar-refractivity contribution in [2.75, 3.05) is 5.32 Å². The maximum atomic E-state index is 4.79. The Bertz CT molecular complexity index is 1240. The molecule has 0 fully saturated rings. The molecule has 4 aromatic carbocycles. The van der Waals surface area contributed by atoms with Gasteiger partial charge < -0.3 is 5.32 Å². The summed E-state index contributed by atoms with van der Waals surface area (Å²) in [4.78, 5) is 4.79. The van der Waals surface area contributed by atoms with Gasteiger partial charge >= 0.3 is 0 Å². The van der Waals surface area contributed by atoms with Gasteiger partial charge in [0.05, 0.1) is 5.69 Å². The van der Waals surface area contributed by atoms with Crippen LogP contribution in [0.2, 0.25) is 0 Å². The molecule has 0 saturated heterocycles. The lowest BCUT2D eigenvalue weighted by molar-refractivity contribution is 1.36. The summed E-state index contributed by atoms with van der Waals surface area (Å²) in [5.74, 6) is 0. The van der Waals surface area contributed by atoms with Crippen molar-refractivity contribution in [2.24, 2.45) is 0 Å². The number of pyridine rings is 1. The molecule has 0 bridgehead atoms. The highest BCUT2D eigenvalue weighted by Crippen LogP contribution is 2.39. The molecule has 0 radical (unpaired) electrons. The molecule has 2 heteroatoms. The lowest BCUT2D eigenvalue weighted by atomic mass is 9.96. The van der Waals surface area contributed by atoms with Gasteiger partial charge in [-0.15, -0.1) is 0 Å². The molecule has 0 unspecified atom stereocenters. The summed E-state index contributed by atoms with van der Waals surface area (Å²) in [6, 6.07) is 33.5. The van der Waals surface area contributed by atoms with Crippen molar-refractivity contribution in [1.29, 1.82) is 0 Å². The van der Waals surface area contributed by atoms with Gasteiger partial charge in [0, 0.05) is 28.5 Å². The maximum absolute atomic E-state index is 4.79. The van der Waals surface area contributed by atoms with Crippen LogP contribution >= 0.6 is 0 Å². The summed E-state index contributed by atoms with van der Waals surface area (Å²) >= 11 is 0. The molecule has 1 N–H and O–H groups in total. The van der Waals surface area contributed by atoms with E-state index >= 15 is 0 Å². The Hall–Kier alpha value is -3.65. The number of rotatable bonds is 3. The van der Waals surface area contributed by atoms with Gasteiger partial charge in [0.1, 0.15) is 0 Å². The number of nitrogens with one attached hydrogen (secondary N) is 1. The molecule has 1 heterocycles. The van der Waals surface area contributed by atoms with Gasteiger partial charge in [-0.05, 0) is 40.4 Å². The van der Waals surface area contributed by atoms with Crippen LogP contribution in [0.3, 0.4) is 0 Å². The molecule has 0 amide bonds. The van der Waals surface area contributed by atoms with Crippen LogP contribution in [0.15, 0.2) is 103 Å². The molecule has 1 aromatic heterocycles. The summed E-state index contributed by atoms with van der Waals surface area (Å²) in [5, 5.41) is 8.35. The number of aromatic nitrogens is 1. The van der Waals surface area contributed by atoms with Crippen LogP contribution in [0.4, 0.5) is 11.4 Å². The largest absolute Gasteiger partial charge is 0.355 e. The molecule has 5 rings (SSSR count). The number of hydrogen-bond donors (Lipinski definition) is 1. The lowest BCUT2D eigenvalue weighted by Crippen LogP contribution is -1.96. The minimum absolute atomic E-state index is 1.00. The van der Waals surface area contributed by atoms with Gasteiger partial charge in [-0.25, -0.2) is 0 Å². The molecule has 2 nitrogen and oxygen atoms in total. The Labute approximate surface area is 158 Å². The molecule has 0 spiro atoms. The summed E-state index contributed by atoms with van der Waals surface area (Å²) in [6.45, 7) is 0. The normalized spacial score (nSPS) is 11.0. The molecule has 0 atom stereocenters. The quantitative estimate of drug-likeness (QED) is 0.388. The van der Waals surface area contributed by atoms with Gasteiger partial charge in [0.25, 0.3) is 0 Å². The second kappa shape index (κ2) is 6.58. The fourth-order valence-corrected chi connectivity index (χ4v) is 3.63. The number of nitrogens with zero attached hydrogens (tertiary/aromatic N) is 1. The minimum atomic E-state index is 1.00.